The van der Waals surface area contributed by atoms with E-state index in [0.717, 1.165) is 61.5 Å². The average Bonchev–Trinajstić information content (AvgIpc) is 3.37. The molecule has 0 radical (unpaired) electrons. The Morgan fingerprint density at radius 3 is 2.46 bits per heavy atom. The normalized spacial score (nSPS) is 18.8. The summed E-state index contributed by atoms with van der Waals surface area (Å²) in [6, 6.07) is 10.9. The number of rotatable bonds is 8. The number of aromatic amines is 1. The molecule has 11 heteroatoms. The zero-order valence-corrected chi connectivity index (χ0v) is 25.4. The second-order valence-electron chi connectivity index (χ2n) is 11.1. The van der Waals surface area contributed by atoms with Crippen LogP contribution in [0.3, 0.4) is 0 Å². The zero-order valence-electron chi connectivity index (χ0n) is 23.0. The molecule has 2 fully saturated rings. The first-order chi connectivity index (χ1) is 19.6. The molecule has 220 valence electrons. The van der Waals surface area contributed by atoms with E-state index in [1.807, 2.05) is 29.3 Å². The number of halogens is 2. The molecular formula is C30H36Cl2N4O4S. The van der Waals surface area contributed by atoms with E-state index in [-0.39, 0.29) is 18.6 Å². The van der Waals surface area contributed by atoms with Crippen molar-refractivity contribution in [1.29, 1.82) is 0 Å². The van der Waals surface area contributed by atoms with E-state index >= 15 is 0 Å². The molecule has 0 aliphatic carbocycles. The minimum atomic E-state index is -3.35. The zero-order chi connectivity index (χ0) is 29.1. The van der Waals surface area contributed by atoms with Crippen molar-refractivity contribution < 1.29 is 18.3 Å². The summed E-state index contributed by atoms with van der Waals surface area (Å²) >= 11 is 12.0. The van der Waals surface area contributed by atoms with E-state index in [1.165, 1.54) is 5.56 Å². The SMILES string of the molecule is CS(=O)(=O)Nc1ccc2[nH]cc(C3CCN(C(CO)C4CCN(C(=O)C=Cc5ccc(Cl)c(Cl)c5)CC4)CC3)c2c1. The smallest absolute Gasteiger partial charge is 0.246 e. The molecule has 0 saturated carbocycles. The average molecular weight is 620 g/mol. The number of benzene rings is 2. The van der Waals surface area contributed by atoms with E-state index in [0.29, 0.717) is 40.7 Å². The van der Waals surface area contributed by atoms with Gasteiger partial charge in [0, 0.05) is 48.0 Å². The molecule has 8 nitrogen and oxygen atoms in total. The largest absolute Gasteiger partial charge is 0.395 e. The quantitative estimate of drug-likeness (QED) is 0.296. The fourth-order valence-corrected chi connectivity index (χ4v) is 7.12. The Labute approximate surface area is 251 Å². The third-order valence-electron chi connectivity index (χ3n) is 8.40. The molecule has 0 spiro atoms. The Hall–Kier alpha value is -2.56. The summed E-state index contributed by atoms with van der Waals surface area (Å²) in [6.45, 7) is 3.21. The minimum absolute atomic E-state index is 0.0236. The summed E-state index contributed by atoms with van der Waals surface area (Å²) < 4.78 is 26.0. The highest BCUT2D eigenvalue weighted by atomic mass is 35.5. The standard InChI is InChI=1S/C30H36Cl2N4O4S/c1-41(39,40)34-23-4-6-28-24(17-23)25(18-33-28)21-8-12-35(13-9-21)29(19-37)22-10-14-36(15-11-22)30(38)7-3-20-2-5-26(31)27(32)16-20/h2-7,16-18,21-22,29,33-34,37H,8-15,19H2,1H3. The lowest BCUT2D eigenvalue weighted by atomic mass is 9.84. The van der Waals surface area contributed by atoms with Gasteiger partial charge in [-0.3, -0.25) is 14.4 Å². The number of H-pyrrole nitrogens is 1. The Morgan fingerprint density at radius 2 is 1.80 bits per heavy atom. The highest BCUT2D eigenvalue weighted by Gasteiger charge is 2.34. The highest BCUT2D eigenvalue weighted by molar-refractivity contribution is 7.92. The number of likely N-dealkylation sites (tertiary alicyclic amines) is 2. The molecule has 1 atom stereocenters. The third kappa shape index (κ3) is 7.27. The molecular weight excluding hydrogens is 583 g/mol. The number of fused-ring (bicyclic) bond motifs is 1. The van der Waals surface area contributed by atoms with E-state index in [4.69, 9.17) is 23.2 Å². The maximum absolute atomic E-state index is 12.8. The van der Waals surface area contributed by atoms with Crippen molar-refractivity contribution in [2.75, 3.05) is 43.8 Å². The number of amides is 1. The number of hydrogen-bond donors (Lipinski definition) is 3. The summed E-state index contributed by atoms with van der Waals surface area (Å²) in [5.74, 6) is 0.663. The lowest BCUT2D eigenvalue weighted by molar-refractivity contribution is -0.127. The Bertz CT molecular complexity index is 1520. The predicted octanol–water partition coefficient (Wildman–Crippen LogP) is 5.34. The van der Waals surface area contributed by atoms with Crippen molar-refractivity contribution in [2.45, 2.75) is 37.6 Å². The minimum Gasteiger partial charge on any atom is -0.395 e. The molecule has 3 heterocycles. The molecule has 2 aromatic carbocycles. The molecule has 3 N–H and O–H groups in total. The van der Waals surface area contributed by atoms with Crippen LogP contribution in [0.2, 0.25) is 10.0 Å². The first-order valence-electron chi connectivity index (χ1n) is 14.0. The number of carbonyl (C=O) groups is 1. The van der Waals surface area contributed by atoms with Crippen LogP contribution in [0, 0.1) is 5.92 Å². The Morgan fingerprint density at radius 1 is 1.07 bits per heavy atom. The van der Waals surface area contributed by atoms with E-state index in [2.05, 4.69) is 14.6 Å². The summed E-state index contributed by atoms with van der Waals surface area (Å²) in [4.78, 5) is 20.4. The van der Waals surface area contributed by atoms with Crippen molar-refractivity contribution in [2.24, 2.45) is 5.92 Å². The molecule has 2 saturated heterocycles. The summed E-state index contributed by atoms with van der Waals surface area (Å²) in [7, 11) is -3.35. The van der Waals surface area contributed by atoms with Crippen LogP contribution in [0.1, 0.15) is 42.7 Å². The number of nitrogens with zero attached hydrogens (tertiary/aromatic N) is 2. The summed E-state index contributed by atoms with van der Waals surface area (Å²) in [6.07, 6.45) is 10.2. The monoisotopic (exact) mass is 618 g/mol. The summed E-state index contributed by atoms with van der Waals surface area (Å²) in [5, 5.41) is 12.3. The van der Waals surface area contributed by atoms with Gasteiger partial charge in [-0.25, -0.2) is 8.42 Å². The van der Waals surface area contributed by atoms with Gasteiger partial charge in [-0.05, 0) is 98.1 Å². The van der Waals surface area contributed by atoms with Gasteiger partial charge in [0.25, 0.3) is 0 Å². The van der Waals surface area contributed by atoms with Gasteiger partial charge in [0.2, 0.25) is 15.9 Å². The number of piperidine rings is 2. The molecule has 1 unspecified atom stereocenters. The maximum atomic E-state index is 12.8. The van der Waals surface area contributed by atoms with Crippen molar-refractivity contribution in [1.82, 2.24) is 14.8 Å². The lowest BCUT2D eigenvalue weighted by Crippen LogP contribution is -2.50. The topological polar surface area (TPSA) is 106 Å². The molecule has 41 heavy (non-hydrogen) atoms. The van der Waals surface area contributed by atoms with Crippen molar-refractivity contribution in [3.8, 4) is 0 Å². The second-order valence-corrected chi connectivity index (χ2v) is 13.7. The van der Waals surface area contributed by atoms with E-state index in [9.17, 15) is 18.3 Å². The van der Waals surface area contributed by atoms with Crippen LogP contribution in [-0.2, 0) is 14.8 Å². The maximum Gasteiger partial charge on any atom is 0.246 e. The fraction of sp³-hybridized carbons (Fsp3) is 0.433. The lowest BCUT2D eigenvalue weighted by Gasteiger charge is -2.43. The van der Waals surface area contributed by atoms with Gasteiger partial charge in [0.15, 0.2) is 0 Å². The van der Waals surface area contributed by atoms with Crippen LogP contribution >= 0.6 is 23.2 Å². The van der Waals surface area contributed by atoms with E-state index < -0.39 is 10.0 Å². The van der Waals surface area contributed by atoms with Crippen LogP contribution in [0.25, 0.3) is 17.0 Å². The molecule has 1 amide bonds. The van der Waals surface area contributed by atoms with E-state index in [1.54, 1.807) is 30.4 Å². The first-order valence-corrected chi connectivity index (χ1v) is 16.6. The molecule has 5 rings (SSSR count). The van der Waals surface area contributed by atoms with Crippen LogP contribution in [-0.4, -0.2) is 79.3 Å². The number of nitrogens with one attached hydrogen (secondary N) is 2. The van der Waals surface area contributed by atoms with Gasteiger partial charge in [-0.2, -0.15) is 0 Å². The van der Waals surface area contributed by atoms with Gasteiger partial charge in [0.05, 0.1) is 22.9 Å². The number of sulfonamides is 1. The van der Waals surface area contributed by atoms with Crippen LogP contribution in [0.15, 0.2) is 48.7 Å². The van der Waals surface area contributed by atoms with Gasteiger partial charge >= 0.3 is 0 Å². The number of aromatic nitrogens is 1. The van der Waals surface area contributed by atoms with Crippen molar-refractivity contribution in [3.05, 3.63) is 69.8 Å². The number of aliphatic hydroxyl groups excluding tert-OH is 1. The molecule has 2 aliphatic rings. The first kappa shape index (κ1) is 29.9. The number of anilines is 1. The van der Waals surface area contributed by atoms with Crippen LogP contribution < -0.4 is 4.72 Å². The molecule has 0 bridgehead atoms. The molecule has 2 aliphatic heterocycles. The summed E-state index contributed by atoms with van der Waals surface area (Å²) in [5.41, 5.74) is 3.58. The number of aliphatic hydroxyl groups is 1. The Kier molecular flexibility index (Phi) is 9.30. The third-order valence-corrected chi connectivity index (χ3v) is 9.75. The van der Waals surface area contributed by atoms with Crippen molar-refractivity contribution >= 4 is 61.8 Å². The van der Waals surface area contributed by atoms with Crippen LogP contribution in [0.4, 0.5) is 5.69 Å². The van der Waals surface area contributed by atoms with Gasteiger partial charge in [-0.15, -0.1) is 0 Å². The van der Waals surface area contributed by atoms with Crippen LogP contribution in [0.5, 0.6) is 0 Å². The Balaban J connectivity index is 1.15. The second kappa shape index (κ2) is 12.8. The highest BCUT2D eigenvalue weighted by Crippen LogP contribution is 2.36. The van der Waals surface area contributed by atoms with Gasteiger partial charge < -0.3 is 15.0 Å². The number of hydrogen-bond acceptors (Lipinski definition) is 5. The van der Waals surface area contributed by atoms with Gasteiger partial charge in [-0.1, -0.05) is 29.3 Å². The fourth-order valence-electron chi connectivity index (χ4n) is 6.26. The molecule has 1 aromatic heterocycles. The predicted molar refractivity (Wildman–Crippen MR) is 166 cm³/mol. The molecule has 3 aromatic rings. The van der Waals surface area contributed by atoms with Crippen molar-refractivity contribution in [3.63, 3.8) is 0 Å². The number of carbonyl (C=O) groups excluding carboxylic acids is 1. The van der Waals surface area contributed by atoms with Gasteiger partial charge in [0.1, 0.15) is 0 Å².